The van der Waals surface area contributed by atoms with Gasteiger partial charge in [0, 0.05) is 32.3 Å². The van der Waals surface area contributed by atoms with Crippen molar-refractivity contribution >= 4 is 0 Å². The van der Waals surface area contributed by atoms with Crippen LogP contribution in [0.5, 0.6) is 0 Å². The smallest absolute Gasteiger partial charge is 0.0679 e. The highest BCUT2D eigenvalue weighted by atomic mass is 16.5. The zero-order chi connectivity index (χ0) is 9.97. The van der Waals surface area contributed by atoms with E-state index >= 15 is 0 Å². The van der Waals surface area contributed by atoms with Gasteiger partial charge in [-0.3, -0.25) is 0 Å². The van der Waals surface area contributed by atoms with Gasteiger partial charge in [0.05, 0.1) is 12.7 Å². The molecule has 3 atom stereocenters. The highest BCUT2D eigenvalue weighted by Crippen LogP contribution is 2.18. The van der Waals surface area contributed by atoms with Gasteiger partial charge in [-0.2, -0.15) is 0 Å². The Balaban J connectivity index is 1.78. The van der Waals surface area contributed by atoms with Gasteiger partial charge in [-0.15, -0.1) is 0 Å². The minimum Gasteiger partial charge on any atom is -0.392 e. The summed E-state index contributed by atoms with van der Waals surface area (Å²) < 4.78 is 5.30. The second-order valence-corrected chi connectivity index (χ2v) is 4.49. The van der Waals surface area contributed by atoms with E-state index in [2.05, 4.69) is 4.90 Å². The van der Waals surface area contributed by atoms with E-state index in [1.807, 2.05) is 0 Å². The normalized spacial score (nSPS) is 40.3. The number of hydrogen-bond donors (Lipinski definition) is 2. The van der Waals surface area contributed by atoms with Crippen LogP contribution >= 0.6 is 0 Å². The van der Waals surface area contributed by atoms with Crippen molar-refractivity contribution in [1.29, 1.82) is 0 Å². The minimum absolute atomic E-state index is 0.119. The Hall–Kier alpha value is -0.160. The third-order valence-corrected chi connectivity index (χ3v) is 3.29. The summed E-state index contributed by atoms with van der Waals surface area (Å²) in [6.07, 6.45) is 1.86. The lowest BCUT2D eigenvalue weighted by atomic mass is 9.95. The van der Waals surface area contributed by atoms with Crippen LogP contribution in [0, 0.1) is 5.92 Å². The number of aliphatic hydroxyl groups is 1. The first-order valence-corrected chi connectivity index (χ1v) is 5.49. The maximum Gasteiger partial charge on any atom is 0.0679 e. The third-order valence-electron chi connectivity index (χ3n) is 3.29. The Morgan fingerprint density at radius 1 is 1.43 bits per heavy atom. The van der Waals surface area contributed by atoms with E-state index in [0.29, 0.717) is 12.5 Å². The monoisotopic (exact) mass is 200 g/mol. The molecule has 2 aliphatic heterocycles. The van der Waals surface area contributed by atoms with Crippen molar-refractivity contribution < 1.29 is 9.84 Å². The molecule has 0 amide bonds. The number of hydrogen-bond acceptors (Lipinski definition) is 4. The first-order chi connectivity index (χ1) is 6.75. The summed E-state index contributed by atoms with van der Waals surface area (Å²) in [7, 11) is 0. The summed E-state index contributed by atoms with van der Waals surface area (Å²) in [4.78, 5) is 2.32. The van der Waals surface area contributed by atoms with Crippen LogP contribution in [-0.2, 0) is 4.74 Å². The SMILES string of the molecule is N[C@@H]1COCCC1CN1CCC(O)C1. The molecule has 0 spiro atoms. The van der Waals surface area contributed by atoms with Gasteiger partial charge in [0.2, 0.25) is 0 Å². The number of likely N-dealkylation sites (tertiary alicyclic amines) is 1. The molecule has 0 saturated carbocycles. The van der Waals surface area contributed by atoms with Gasteiger partial charge in [0.1, 0.15) is 0 Å². The Labute approximate surface area is 85.0 Å². The maximum atomic E-state index is 9.40. The largest absolute Gasteiger partial charge is 0.392 e. The second-order valence-electron chi connectivity index (χ2n) is 4.49. The molecule has 14 heavy (non-hydrogen) atoms. The molecule has 4 nitrogen and oxygen atoms in total. The number of β-amino-alcohol motifs (C(OH)–C–C–N with tert-alkyl or cyclic N) is 1. The lowest BCUT2D eigenvalue weighted by Crippen LogP contribution is -2.45. The molecule has 4 heteroatoms. The Bertz CT molecular complexity index is 189. The summed E-state index contributed by atoms with van der Waals surface area (Å²) in [6.45, 7) is 4.41. The van der Waals surface area contributed by atoms with E-state index < -0.39 is 0 Å². The highest BCUT2D eigenvalue weighted by molar-refractivity contribution is 4.82. The lowest BCUT2D eigenvalue weighted by molar-refractivity contribution is 0.0370. The number of aliphatic hydroxyl groups excluding tert-OH is 1. The van der Waals surface area contributed by atoms with Crippen LogP contribution in [0.1, 0.15) is 12.8 Å². The van der Waals surface area contributed by atoms with Crippen LogP contribution in [0.4, 0.5) is 0 Å². The van der Waals surface area contributed by atoms with Crippen molar-refractivity contribution in [2.75, 3.05) is 32.8 Å². The molecule has 82 valence electrons. The summed E-state index contributed by atoms with van der Waals surface area (Å²) in [5.41, 5.74) is 5.98. The van der Waals surface area contributed by atoms with Crippen molar-refractivity contribution in [1.82, 2.24) is 4.90 Å². The van der Waals surface area contributed by atoms with Crippen LogP contribution in [0.2, 0.25) is 0 Å². The minimum atomic E-state index is -0.119. The summed E-state index contributed by atoms with van der Waals surface area (Å²) in [5.74, 6) is 0.550. The van der Waals surface area contributed by atoms with Crippen LogP contribution in [0.25, 0.3) is 0 Å². The molecule has 2 aliphatic rings. The van der Waals surface area contributed by atoms with E-state index in [1.165, 1.54) is 0 Å². The van der Waals surface area contributed by atoms with E-state index in [4.69, 9.17) is 10.5 Å². The molecule has 0 aromatic heterocycles. The van der Waals surface area contributed by atoms with Gasteiger partial charge in [0.15, 0.2) is 0 Å². The number of ether oxygens (including phenoxy) is 1. The fraction of sp³-hybridized carbons (Fsp3) is 1.00. The van der Waals surface area contributed by atoms with Crippen molar-refractivity contribution in [2.45, 2.75) is 25.0 Å². The third kappa shape index (κ3) is 2.45. The van der Waals surface area contributed by atoms with Gasteiger partial charge in [0.25, 0.3) is 0 Å². The molecule has 0 bridgehead atoms. The summed E-state index contributed by atoms with van der Waals surface area (Å²) in [5, 5.41) is 9.40. The van der Waals surface area contributed by atoms with Crippen LogP contribution < -0.4 is 5.73 Å². The maximum absolute atomic E-state index is 9.40. The van der Waals surface area contributed by atoms with E-state index in [9.17, 15) is 5.11 Å². The zero-order valence-corrected chi connectivity index (χ0v) is 8.56. The van der Waals surface area contributed by atoms with E-state index in [0.717, 1.165) is 39.1 Å². The van der Waals surface area contributed by atoms with Crippen molar-refractivity contribution in [2.24, 2.45) is 11.7 Å². The number of nitrogens with two attached hydrogens (primary N) is 1. The molecular weight excluding hydrogens is 180 g/mol. The van der Waals surface area contributed by atoms with Gasteiger partial charge < -0.3 is 20.5 Å². The van der Waals surface area contributed by atoms with Crippen LogP contribution in [-0.4, -0.2) is 55.0 Å². The highest BCUT2D eigenvalue weighted by Gasteiger charge is 2.27. The molecular formula is C10H20N2O2. The number of rotatable bonds is 2. The fourth-order valence-electron chi connectivity index (χ4n) is 2.34. The van der Waals surface area contributed by atoms with Gasteiger partial charge >= 0.3 is 0 Å². The van der Waals surface area contributed by atoms with Crippen molar-refractivity contribution in [3.63, 3.8) is 0 Å². The summed E-state index contributed by atoms with van der Waals surface area (Å²) >= 11 is 0. The van der Waals surface area contributed by atoms with E-state index in [1.54, 1.807) is 0 Å². The Morgan fingerprint density at radius 2 is 2.29 bits per heavy atom. The Kier molecular flexibility index (Phi) is 3.38. The topological polar surface area (TPSA) is 58.7 Å². The predicted molar refractivity (Wildman–Crippen MR) is 54.0 cm³/mol. The first-order valence-electron chi connectivity index (χ1n) is 5.49. The molecule has 2 rings (SSSR count). The molecule has 2 fully saturated rings. The molecule has 0 aromatic rings. The van der Waals surface area contributed by atoms with Crippen molar-refractivity contribution in [3.05, 3.63) is 0 Å². The molecule has 3 N–H and O–H groups in total. The quantitative estimate of drug-likeness (QED) is 0.626. The summed E-state index contributed by atoms with van der Waals surface area (Å²) in [6, 6.07) is 0.182. The lowest BCUT2D eigenvalue weighted by Gasteiger charge is -2.31. The Morgan fingerprint density at radius 3 is 2.93 bits per heavy atom. The molecule has 2 heterocycles. The fourth-order valence-corrected chi connectivity index (χ4v) is 2.34. The van der Waals surface area contributed by atoms with E-state index in [-0.39, 0.29) is 12.1 Å². The number of nitrogens with zero attached hydrogens (tertiary/aromatic N) is 1. The van der Waals surface area contributed by atoms with Gasteiger partial charge in [-0.1, -0.05) is 0 Å². The molecule has 0 aromatic carbocycles. The molecule has 2 unspecified atom stereocenters. The van der Waals surface area contributed by atoms with Crippen molar-refractivity contribution in [3.8, 4) is 0 Å². The molecule has 2 saturated heterocycles. The van der Waals surface area contributed by atoms with Crippen LogP contribution in [0.3, 0.4) is 0 Å². The zero-order valence-electron chi connectivity index (χ0n) is 8.56. The van der Waals surface area contributed by atoms with Crippen LogP contribution in [0.15, 0.2) is 0 Å². The second kappa shape index (κ2) is 4.57. The first kappa shape index (κ1) is 10.4. The standard InChI is InChI=1S/C10H20N2O2/c11-10-7-14-4-2-8(10)5-12-3-1-9(13)6-12/h8-10,13H,1-7,11H2/t8?,9?,10-/m1/s1. The van der Waals surface area contributed by atoms with Gasteiger partial charge in [-0.25, -0.2) is 0 Å². The molecule has 0 radical (unpaired) electrons. The van der Waals surface area contributed by atoms with Gasteiger partial charge in [-0.05, 0) is 18.8 Å². The average Bonchev–Trinajstić information content (AvgIpc) is 2.56. The molecule has 0 aliphatic carbocycles. The average molecular weight is 200 g/mol. The predicted octanol–water partition coefficient (Wildman–Crippen LogP) is -0.583.